The molecule has 0 radical (unpaired) electrons. The Morgan fingerprint density at radius 1 is 1.50 bits per heavy atom. The van der Waals surface area contributed by atoms with Crippen molar-refractivity contribution in [3.63, 3.8) is 0 Å². The summed E-state index contributed by atoms with van der Waals surface area (Å²) in [6, 6.07) is 0. The van der Waals surface area contributed by atoms with Gasteiger partial charge in [0.25, 0.3) is 0 Å². The lowest BCUT2D eigenvalue weighted by molar-refractivity contribution is 0.391. The van der Waals surface area contributed by atoms with Crippen molar-refractivity contribution in [2.24, 2.45) is 5.92 Å². The molecular formula is C11H19N3. The third-order valence-electron chi connectivity index (χ3n) is 2.81. The zero-order valence-corrected chi connectivity index (χ0v) is 9.30. The van der Waals surface area contributed by atoms with E-state index in [4.69, 9.17) is 0 Å². The van der Waals surface area contributed by atoms with Gasteiger partial charge in [0.05, 0.1) is 12.2 Å². The van der Waals surface area contributed by atoms with Gasteiger partial charge in [-0.2, -0.15) is 0 Å². The lowest BCUT2D eigenvalue weighted by Crippen LogP contribution is -2.11. The zero-order chi connectivity index (χ0) is 10.1. The monoisotopic (exact) mass is 193 g/mol. The number of aromatic nitrogens is 2. The van der Waals surface area contributed by atoms with Gasteiger partial charge in [-0.1, -0.05) is 6.92 Å². The highest BCUT2D eigenvalue weighted by Gasteiger charge is 2.18. The molecule has 0 aromatic carbocycles. The van der Waals surface area contributed by atoms with Gasteiger partial charge in [-0.3, -0.25) is 0 Å². The molecule has 3 heteroatoms. The van der Waals surface area contributed by atoms with E-state index in [0.717, 1.165) is 24.7 Å². The van der Waals surface area contributed by atoms with E-state index in [0.29, 0.717) is 0 Å². The Morgan fingerprint density at radius 3 is 3.00 bits per heavy atom. The molecule has 0 saturated heterocycles. The van der Waals surface area contributed by atoms with Crippen molar-refractivity contribution >= 4 is 0 Å². The lowest BCUT2D eigenvalue weighted by Gasteiger charge is -2.15. The van der Waals surface area contributed by atoms with Gasteiger partial charge in [-0.15, -0.1) is 0 Å². The van der Waals surface area contributed by atoms with Crippen LogP contribution < -0.4 is 0 Å². The average molecular weight is 193 g/mol. The van der Waals surface area contributed by atoms with Gasteiger partial charge >= 0.3 is 0 Å². The van der Waals surface area contributed by atoms with Gasteiger partial charge < -0.3 is 9.88 Å². The van der Waals surface area contributed by atoms with Crippen LogP contribution in [0.4, 0.5) is 0 Å². The van der Waals surface area contributed by atoms with Crippen LogP contribution in [0.25, 0.3) is 0 Å². The van der Waals surface area contributed by atoms with E-state index < -0.39 is 0 Å². The molecular weight excluding hydrogens is 174 g/mol. The van der Waals surface area contributed by atoms with Crippen molar-refractivity contribution in [1.29, 1.82) is 0 Å². The van der Waals surface area contributed by atoms with Crippen LogP contribution in [0.5, 0.6) is 0 Å². The molecule has 0 aliphatic heterocycles. The van der Waals surface area contributed by atoms with Crippen molar-refractivity contribution < 1.29 is 0 Å². The van der Waals surface area contributed by atoms with Gasteiger partial charge in [0.1, 0.15) is 5.82 Å². The molecule has 0 fully saturated rings. The summed E-state index contributed by atoms with van der Waals surface area (Å²) in [5.74, 6) is 1.93. The number of hydrogen-bond acceptors (Lipinski definition) is 2. The molecule has 3 nitrogen and oxygen atoms in total. The van der Waals surface area contributed by atoms with E-state index in [9.17, 15) is 0 Å². The van der Waals surface area contributed by atoms with E-state index in [2.05, 4.69) is 35.9 Å². The summed E-state index contributed by atoms with van der Waals surface area (Å²) in [6.07, 6.45) is 3.62. The molecule has 0 bridgehead atoms. The second-order valence-corrected chi connectivity index (χ2v) is 4.69. The summed E-state index contributed by atoms with van der Waals surface area (Å²) >= 11 is 0. The molecule has 0 amide bonds. The van der Waals surface area contributed by atoms with Gasteiger partial charge in [0.15, 0.2) is 0 Å². The van der Waals surface area contributed by atoms with E-state index in [-0.39, 0.29) is 0 Å². The molecule has 1 unspecified atom stereocenters. The Bertz CT molecular complexity index is 314. The molecule has 0 spiro atoms. The molecule has 0 saturated carbocycles. The van der Waals surface area contributed by atoms with Crippen LogP contribution >= 0.6 is 0 Å². The second kappa shape index (κ2) is 3.73. The Kier molecular flexibility index (Phi) is 2.59. The fourth-order valence-electron chi connectivity index (χ4n) is 2.09. The highest BCUT2D eigenvalue weighted by atomic mass is 15.1. The van der Waals surface area contributed by atoms with Crippen LogP contribution in [0.15, 0.2) is 0 Å². The molecule has 14 heavy (non-hydrogen) atoms. The van der Waals surface area contributed by atoms with Crippen LogP contribution in [0.1, 0.15) is 30.6 Å². The summed E-state index contributed by atoms with van der Waals surface area (Å²) in [7, 11) is 4.15. The minimum Gasteiger partial charge on any atom is -0.345 e. The van der Waals surface area contributed by atoms with E-state index in [1.807, 2.05) is 0 Å². The number of H-pyrrole nitrogens is 1. The standard InChI is InChI=1S/C11H19N3/c1-8-4-5-9-10(6-8)13-11(12-9)7-14(2)3/h8H,4-7H2,1-3H3,(H,12,13). The van der Waals surface area contributed by atoms with Crippen molar-refractivity contribution in [3.05, 3.63) is 17.2 Å². The molecule has 1 heterocycles. The average Bonchev–Trinajstić information content (AvgIpc) is 2.44. The molecule has 1 aromatic heterocycles. The molecule has 1 atom stereocenters. The summed E-state index contributed by atoms with van der Waals surface area (Å²) < 4.78 is 0. The maximum atomic E-state index is 4.63. The van der Waals surface area contributed by atoms with Crippen molar-refractivity contribution in [2.45, 2.75) is 32.7 Å². The number of nitrogens with one attached hydrogen (secondary N) is 1. The highest BCUT2D eigenvalue weighted by Crippen LogP contribution is 2.23. The quantitative estimate of drug-likeness (QED) is 0.773. The first-order chi connectivity index (χ1) is 6.65. The SMILES string of the molecule is CC1CCc2nc(CN(C)C)[nH]c2C1. The van der Waals surface area contributed by atoms with Crippen molar-refractivity contribution in [1.82, 2.24) is 14.9 Å². The zero-order valence-electron chi connectivity index (χ0n) is 9.30. The molecule has 1 aliphatic carbocycles. The Morgan fingerprint density at radius 2 is 2.29 bits per heavy atom. The van der Waals surface area contributed by atoms with Gasteiger partial charge in [-0.25, -0.2) is 4.98 Å². The summed E-state index contributed by atoms with van der Waals surface area (Å²) in [5.41, 5.74) is 2.68. The minimum atomic E-state index is 0.815. The Balaban J connectivity index is 2.15. The van der Waals surface area contributed by atoms with Gasteiger partial charge in [-0.05, 0) is 39.3 Å². The topological polar surface area (TPSA) is 31.9 Å². The molecule has 1 N–H and O–H groups in total. The van der Waals surface area contributed by atoms with Crippen LogP contribution in [0.3, 0.4) is 0 Å². The number of nitrogens with zero attached hydrogens (tertiary/aromatic N) is 2. The third kappa shape index (κ3) is 1.98. The molecule has 1 aliphatic rings. The number of aromatic amines is 1. The number of imidazole rings is 1. The van der Waals surface area contributed by atoms with Crippen molar-refractivity contribution in [2.75, 3.05) is 14.1 Å². The number of hydrogen-bond donors (Lipinski definition) is 1. The van der Waals surface area contributed by atoms with Crippen molar-refractivity contribution in [3.8, 4) is 0 Å². The number of aryl methyl sites for hydroxylation is 1. The predicted molar refractivity (Wildman–Crippen MR) is 57.2 cm³/mol. The first-order valence-electron chi connectivity index (χ1n) is 5.36. The molecule has 78 valence electrons. The first-order valence-corrected chi connectivity index (χ1v) is 5.36. The van der Waals surface area contributed by atoms with Crippen LogP contribution in [-0.2, 0) is 19.4 Å². The van der Waals surface area contributed by atoms with E-state index in [1.165, 1.54) is 24.2 Å². The van der Waals surface area contributed by atoms with Crippen LogP contribution in [-0.4, -0.2) is 29.0 Å². The fourth-order valence-corrected chi connectivity index (χ4v) is 2.09. The summed E-state index contributed by atoms with van der Waals surface area (Å²) in [4.78, 5) is 10.2. The lowest BCUT2D eigenvalue weighted by atomic mass is 9.92. The largest absolute Gasteiger partial charge is 0.345 e. The maximum Gasteiger partial charge on any atom is 0.120 e. The summed E-state index contributed by atoms with van der Waals surface area (Å²) in [5, 5.41) is 0. The highest BCUT2D eigenvalue weighted by molar-refractivity contribution is 5.18. The van der Waals surface area contributed by atoms with E-state index in [1.54, 1.807) is 0 Å². The summed E-state index contributed by atoms with van der Waals surface area (Å²) in [6.45, 7) is 3.23. The van der Waals surface area contributed by atoms with E-state index >= 15 is 0 Å². The first kappa shape index (κ1) is 9.71. The van der Waals surface area contributed by atoms with Gasteiger partial charge in [0, 0.05) is 5.69 Å². The van der Waals surface area contributed by atoms with Crippen LogP contribution in [0, 0.1) is 5.92 Å². The normalized spacial score (nSPS) is 21.3. The molecule has 2 rings (SSSR count). The fraction of sp³-hybridized carbons (Fsp3) is 0.727. The molecule has 1 aromatic rings. The Hall–Kier alpha value is -0.830. The smallest absolute Gasteiger partial charge is 0.120 e. The third-order valence-corrected chi connectivity index (χ3v) is 2.81. The number of rotatable bonds is 2. The van der Waals surface area contributed by atoms with Gasteiger partial charge in [0.2, 0.25) is 0 Å². The van der Waals surface area contributed by atoms with Crippen LogP contribution in [0.2, 0.25) is 0 Å². The Labute approximate surface area is 85.5 Å². The maximum absolute atomic E-state index is 4.63. The minimum absolute atomic E-state index is 0.815. The second-order valence-electron chi connectivity index (χ2n) is 4.69. The predicted octanol–water partition coefficient (Wildman–Crippen LogP) is 1.60. The number of fused-ring (bicyclic) bond motifs is 1.